The van der Waals surface area contributed by atoms with Gasteiger partial charge in [-0.25, -0.2) is 0 Å². The molecule has 1 saturated heterocycles. The molecule has 0 unspecified atom stereocenters. The van der Waals surface area contributed by atoms with Gasteiger partial charge in [-0.3, -0.25) is 9.69 Å². The second-order valence-electron chi connectivity index (χ2n) is 4.16. The van der Waals surface area contributed by atoms with Crippen LogP contribution in [0.4, 0.5) is 0 Å². The number of amidine groups is 1. The van der Waals surface area contributed by atoms with Crippen molar-refractivity contribution < 1.29 is 4.79 Å². The van der Waals surface area contributed by atoms with Crippen molar-refractivity contribution in [1.29, 1.82) is 0 Å². The Labute approximate surface area is 130 Å². The summed E-state index contributed by atoms with van der Waals surface area (Å²) in [7, 11) is 0. The lowest BCUT2D eigenvalue weighted by Crippen LogP contribution is -2.29. The third-order valence-corrected chi connectivity index (χ3v) is 4.20. The molecule has 20 heavy (non-hydrogen) atoms. The van der Waals surface area contributed by atoms with Crippen molar-refractivity contribution in [2.45, 2.75) is 6.92 Å². The van der Waals surface area contributed by atoms with Crippen LogP contribution in [-0.2, 0) is 4.79 Å². The first-order valence-corrected chi connectivity index (χ1v) is 7.82. The Morgan fingerprint density at radius 1 is 1.50 bits per heavy atom. The molecule has 0 aliphatic carbocycles. The van der Waals surface area contributed by atoms with Crippen LogP contribution in [0.2, 0.25) is 0 Å². The molecule has 6 heteroatoms. The summed E-state index contributed by atoms with van der Waals surface area (Å²) in [5.41, 5.74) is 1.81. The minimum atomic E-state index is 0.0464. The van der Waals surface area contributed by atoms with Gasteiger partial charge in [0.15, 0.2) is 5.17 Å². The van der Waals surface area contributed by atoms with Gasteiger partial charge in [-0.1, -0.05) is 45.9 Å². The van der Waals surface area contributed by atoms with Gasteiger partial charge in [-0.05, 0) is 24.6 Å². The van der Waals surface area contributed by atoms with Crippen molar-refractivity contribution in [3.05, 3.63) is 47.0 Å². The molecule has 104 valence electrons. The summed E-state index contributed by atoms with van der Waals surface area (Å²) < 4.78 is 1.02. The number of carbonyl (C=O) groups excluding carboxylic acids is 1. The summed E-state index contributed by atoms with van der Waals surface area (Å²) in [5, 5.41) is 9.03. The average Bonchev–Trinajstić information content (AvgIpc) is 2.79. The second kappa shape index (κ2) is 6.85. The van der Waals surface area contributed by atoms with Crippen LogP contribution in [0.15, 0.2) is 51.6 Å². The van der Waals surface area contributed by atoms with Gasteiger partial charge in [-0.15, -0.1) is 11.7 Å². The fourth-order valence-electron chi connectivity index (χ4n) is 1.65. The van der Waals surface area contributed by atoms with Gasteiger partial charge in [0.25, 0.3) is 0 Å². The average molecular weight is 352 g/mol. The summed E-state index contributed by atoms with van der Waals surface area (Å²) in [6.45, 7) is 6.01. The minimum Gasteiger partial charge on any atom is -0.285 e. The first-order chi connectivity index (χ1) is 9.61. The summed E-state index contributed by atoms with van der Waals surface area (Å²) in [4.78, 5) is 13.2. The van der Waals surface area contributed by atoms with E-state index in [1.807, 2.05) is 31.2 Å². The van der Waals surface area contributed by atoms with Gasteiger partial charge in [0, 0.05) is 11.0 Å². The lowest BCUT2D eigenvalue weighted by Gasteiger charge is -2.11. The van der Waals surface area contributed by atoms with Gasteiger partial charge < -0.3 is 0 Å². The fourth-order valence-corrected chi connectivity index (χ4v) is 2.75. The third kappa shape index (κ3) is 3.58. The molecule has 1 amide bonds. The summed E-state index contributed by atoms with van der Waals surface area (Å²) in [6.07, 6.45) is 1.69. The molecule has 1 aliphatic heterocycles. The van der Waals surface area contributed by atoms with Crippen molar-refractivity contribution in [2.75, 3.05) is 12.3 Å². The maximum atomic E-state index is 11.6. The van der Waals surface area contributed by atoms with Gasteiger partial charge in [0.2, 0.25) is 5.91 Å². The Morgan fingerprint density at radius 3 is 2.85 bits per heavy atom. The van der Waals surface area contributed by atoms with E-state index in [9.17, 15) is 4.79 Å². The van der Waals surface area contributed by atoms with E-state index in [1.165, 1.54) is 11.8 Å². The molecular weight excluding hydrogens is 338 g/mol. The molecule has 4 nitrogen and oxygen atoms in total. The molecule has 1 aliphatic rings. The molecule has 0 N–H and O–H groups in total. The van der Waals surface area contributed by atoms with Crippen molar-refractivity contribution >= 4 is 44.5 Å². The van der Waals surface area contributed by atoms with Gasteiger partial charge in [0.1, 0.15) is 0 Å². The standard InChI is InChI=1S/C14H14BrN3OS/c1-3-8-18-13(19)9-20-14(18)17-16-10(2)11-4-6-12(15)7-5-11/h3-7H,1,8-9H2,2H3/b16-10-,17-14-. The zero-order valence-corrected chi connectivity index (χ0v) is 13.4. The number of hydrogen-bond donors (Lipinski definition) is 0. The largest absolute Gasteiger partial charge is 0.285 e. The quantitative estimate of drug-likeness (QED) is 0.474. The zero-order valence-electron chi connectivity index (χ0n) is 11.0. The zero-order chi connectivity index (χ0) is 14.5. The highest BCUT2D eigenvalue weighted by Crippen LogP contribution is 2.19. The molecule has 0 radical (unpaired) electrons. The second-order valence-corrected chi connectivity index (χ2v) is 6.01. The monoisotopic (exact) mass is 351 g/mol. The fraction of sp³-hybridized carbons (Fsp3) is 0.214. The molecular formula is C14H14BrN3OS. The van der Waals surface area contributed by atoms with Gasteiger partial charge >= 0.3 is 0 Å². The van der Waals surface area contributed by atoms with E-state index in [0.29, 0.717) is 17.5 Å². The van der Waals surface area contributed by atoms with Crippen LogP contribution in [0, 0.1) is 0 Å². The Bertz CT molecular complexity index is 581. The first kappa shape index (κ1) is 15.0. The molecule has 2 rings (SSSR count). The number of benzene rings is 1. The van der Waals surface area contributed by atoms with E-state index in [4.69, 9.17) is 0 Å². The molecule has 1 heterocycles. The highest BCUT2D eigenvalue weighted by Gasteiger charge is 2.27. The van der Waals surface area contributed by atoms with Gasteiger partial charge in [-0.2, -0.15) is 5.10 Å². The predicted octanol–water partition coefficient (Wildman–Crippen LogP) is 3.29. The summed E-state index contributed by atoms with van der Waals surface area (Å²) in [6, 6.07) is 7.85. The van der Waals surface area contributed by atoms with E-state index in [-0.39, 0.29) is 5.91 Å². The molecule has 0 spiro atoms. The van der Waals surface area contributed by atoms with Crippen LogP contribution in [0.5, 0.6) is 0 Å². The van der Waals surface area contributed by atoms with Crippen molar-refractivity contribution in [3.63, 3.8) is 0 Å². The molecule has 0 saturated carbocycles. The Morgan fingerprint density at radius 2 is 2.20 bits per heavy atom. The van der Waals surface area contributed by atoms with Crippen molar-refractivity contribution in [2.24, 2.45) is 10.2 Å². The minimum absolute atomic E-state index is 0.0464. The number of amides is 1. The third-order valence-electron chi connectivity index (χ3n) is 2.72. The van der Waals surface area contributed by atoms with Crippen LogP contribution >= 0.6 is 27.7 Å². The van der Waals surface area contributed by atoms with Crippen LogP contribution < -0.4 is 0 Å². The van der Waals surface area contributed by atoms with Crippen LogP contribution in [0.25, 0.3) is 0 Å². The van der Waals surface area contributed by atoms with Crippen LogP contribution in [-0.4, -0.2) is 34.0 Å². The van der Waals surface area contributed by atoms with E-state index < -0.39 is 0 Å². The molecule has 1 aromatic rings. The van der Waals surface area contributed by atoms with Crippen LogP contribution in [0.1, 0.15) is 12.5 Å². The normalized spacial score (nSPS) is 17.9. The van der Waals surface area contributed by atoms with E-state index in [0.717, 1.165) is 15.7 Å². The Balaban J connectivity index is 2.17. The number of rotatable bonds is 4. The molecule has 0 aromatic heterocycles. The molecule has 0 atom stereocenters. The van der Waals surface area contributed by atoms with E-state index in [2.05, 4.69) is 32.7 Å². The summed E-state index contributed by atoms with van der Waals surface area (Å²) >= 11 is 4.80. The van der Waals surface area contributed by atoms with Crippen LogP contribution in [0.3, 0.4) is 0 Å². The Hall–Kier alpha value is -1.40. The lowest BCUT2D eigenvalue weighted by atomic mass is 10.1. The maximum absolute atomic E-state index is 11.6. The van der Waals surface area contributed by atoms with Crippen molar-refractivity contribution in [1.82, 2.24) is 4.90 Å². The van der Waals surface area contributed by atoms with Crippen molar-refractivity contribution in [3.8, 4) is 0 Å². The van der Waals surface area contributed by atoms with Gasteiger partial charge in [0.05, 0.1) is 11.5 Å². The molecule has 1 fully saturated rings. The van der Waals surface area contributed by atoms with E-state index in [1.54, 1.807) is 11.0 Å². The first-order valence-electron chi connectivity index (χ1n) is 6.04. The number of thioether (sulfide) groups is 1. The number of nitrogens with zero attached hydrogens (tertiary/aromatic N) is 3. The topological polar surface area (TPSA) is 45.0 Å². The molecule has 0 bridgehead atoms. The highest BCUT2D eigenvalue weighted by molar-refractivity contribution is 9.10. The highest BCUT2D eigenvalue weighted by atomic mass is 79.9. The summed E-state index contributed by atoms with van der Waals surface area (Å²) in [5.74, 6) is 0.463. The lowest BCUT2D eigenvalue weighted by molar-refractivity contribution is -0.123. The number of carbonyl (C=O) groups is 1. The number of halogens is 1. The van der Waals surface area contributed by atoms with E-state index >= 15 is 0 Å². The predicted molar refractivity (Wildman–Crippen MR) is 88.2 cm³/mol. The number of hydrogen-bond acceptors (Lipinski definition) is 4. The molecule has 1 aromatic carbocycles. The smallest absolute Gasteiger partial charge is 0.239 e. The Kier molecular flexibility index (Phi) is 5.14. The maximum Gasteiger partial charge on any atom is 0.239 e. The SMILES string of the molecule is C=CCN1C(=O)CS/C1=N\N=C(\C)c1ccc(Br)cc1.